The van der Waals surface area contributed by atoms with Gasteiger partial charge in [0.2, 0.25) is 0 Å². The van der Waals surface area contributed by atoms with Gasteiger partial charge in [0.1, 0.15) is 11.3 Å². The first kappa shape index (κ1) is 21.0. The van der Waals surface area contributed by atoms with Crippen molar-refractivity contribution in [3.05, 3.63) is 78.4 Å². The number of fused-ring (bicyclic) bond motifs is 1. The number of carbonyl (C=O) groups is 1. The summed E-state index contributed by atoms with van der Waals surface area (Å²) in [7, 11) is 0. The van der Waals surface area contributed by atoms with Gasteiger partial charge in [-0.1, -0.05) is 36.4 Å². The van der Waals surface area contributed by atoms with Gasteiger partial charge in [0.25, 0.3) is 0 Å². The summed E-state index contributed by atoms with van der Waals surface area (Å²) >= 11 is 0. The Hall–Kier alpha value is -3.84. The molecular formula is C26H27N5O2. The first-order valence-corrected chi connectivity index (χ1v) is 11.2. The molecule has 3 N–H and O–H groups in total. The van der Waals surface area contributed by atoms with Crippen LogP contribution in [-0.4, -0.2) is 47.1 Å². The van der Waals surface area contributed by atoms with Crippen molar-refractivity contribution in [3.63, 3.8) is 0 Å². The van der Waals surface area contributed by atoms with E-state index in [-0.39, 0.29) is 0 Å². The molecule has 1 saturated heterocycles. The van der Waals surface area contributed by atoms with Gasteiger partial charge < -0.3 is 20.4 Å². The largest absolute Gasteiger partial charge is 0.410 e. The van der Waals surface area contributed by atoms with E-state index in [1.165, 1.54) is 11.3 Å². The van der Waals surface area contributed by atoms with E-state index in [2.05, 4.69) is 74.4 Å². The number of aromatic nitrogens is 2. The Morgan fingerprint density at radius 3 is 2.55 bits per heavy atom. The van der Waals surface area contributed by atoms with Gasteiger partial charge >= 0.3 is 6.09 Å². The summed E-state index contributed by atoms with van der Waals surface area (Å²) in [5.41, 5.74) is 10.1. The highest BCUT2D eigenvalue weighted by Gasteiger charge is 2.16. The van der Waals surface area contributed by atoms with Crippen LogP contribution in [0.1, 0.15) is 12.0 Å². The van der Waals surface area contributed by atoms with Crippen LogP contribution in [0.2, 0.25) is 0 Å². The number of amides is 1. The Morgan fingerprint density at radius 2 is 1.76 bits per heavy atom. The van der Waals surface area contributed by atoms with Crippen LogP contribution in [-0.2, 0) is 6.54 Å². The minimum atomic E-state index is -0.851. The minimum absolute atomic E-state index is 0.351. The van der Waals surface area contributed by atoms with Crippen LogP contribution >= 0.6 is 0 Å². The van der Waals surface area contributed by atoms with E-state index in [1.807, 2.05) is 6.07 Å². The number of hydrogen-bond donors (Lipinski definition) is 2. The second kappa shape index (κ2) is 9.34. The van der Waals surface area contributed by atoms with Crippen molar-refractivity contribution >= 4 is 22.8 Å². The average Bonchev–Trinajstić information content (AvgIpc) is 3.14. The molecule has 168 valence electrons. The summed E-state index contributed by atoms with van der Waals surface area (Å²) in [5.74, 6) is 1.07. The van der Waals surface area contributed by atoms with Gasteiger partial charge in [-0.2, -0.15) is 0 Å². The third-order valence-corrected chi connectivity index (χ3v) is 6.03. The predicted molar refractivity (Wildman–Crippen MR) is 130 cm³/mol. The Kier molecular flexibility index (Phi) is 5.95. The molecule has 0 atom stereocenters. The number of para-hydroxylation sites is 1. The Labute approximate surface area is 192 Å². The molecule has 1 amide bonds. The molecule has 0 bridgehead atoms. The highest BCUT2D eigenvalue weighted by molar-refractivity contribution is 5.87. The normalized spacial score (nSPS) is 14.8. The van der Waals surface area contributed by atoms with Gasteiger partial charge in [0.15, 0.2) is 5.75 Å². The Morgan fingerprint density at radius 1 is 0.939 bits per heavy atom. The summed E-state index contributed by atoms with van der Waals surface area (Å²) in [5, 5.41) is 0. The zero-order chi connectivity index (χ0) is 22.6. The van der Waals surface area contributed by atoms with Crippen LogP contribution in [0.4, 0.5) is 10.5 Å². The number of aromatic amines is 1. The summed E-state index contributed by atoms with van der Waals surface area (Å²) in [6.07, 6.45) is 0.289. The molecule has 5 rings (SSSR count). The average molecular weight is 442 g/mol. The number of H-pyrrole nitrogens is 1. The number of anilines is 1. The molecule has 0 unspecified atom stereocenters. The van der Waals surface area contributed by atoms with Gasteiger partial charge in [-0.3, -0.25) is 4.90 Å². The molecule has 2 heterocycles. The number of nitrogens with zero attached hydrogens (tertiary/aromatic N) is 3. The fraction of sp³-hybridized carbons (Fsp3) is 0.231. The van der Waals surface area contributed by atoms with Gasteiger partial charge in [0.05, 0.1) is 5.52 Å². The van der Waals surface area contributed by atoms with E-state index in [1.54, 1.807) is 12.1 Å². The van der Waals surface area contributed by atoms with Crippen LogP contribution in [0.15, 0.2) is 72.8 Å². The first-order chi connectivity index (χ1) is 16.2. The molecule has 7 nitrogen and oxygen atoms in total. The number of hydrogen-bond acceptors (Lipinski definition) is 5. The molecule has 0 aliphatic carbocycles. The third-order valence-electron chi connectivity index (χ3n) is 6.03. The molecule has 1 fully saturated rings. The topological polar surface area (TPSA) is 87.5 Å². The third kappa shape index (κ3) is 4.83. The second-order valence-electron chi connectivity index (χ2n) is 8.31. The lowest BCUT2D eigenvalue weighted by Crippen LogP contribution is -2.30. The van der Waals surface area contributed by atoms with Gasteiger partial charge in [0, 0.05) is 44.0 Å². The van der Waals surface area contributed by atoms with E-state index in [4.69, 9.17) is 10.5 Å². The smallest absolute Gasteiger partial charge is 0.408 e. The molecular weight excluding hydrogens is 414 g/mol. The van der Waals surface area contributed by atoms with E-state index in [0.717, 1.165) is 56.0 Å². The molecule has 4 aromatic rings. The molecule has 1 aromatic heterocycles. The fourth-order valence-corrected chi connectivity index (χ4v) is 4.39. The summed E-state index contributed by atoms with van der Waals surface area (Å²) < 4.78 is 5.08. The number of nitrogens with one attached hydrogen (secondary N) is 1. The van der Waals surface area contributed by atoms with Crippen molar-refractivity contribution in [2.75, 3.05) is 31.1 Å². The quantitative estimate of drug-likeness (QED) is 0.479. The van der Waals surface area contributed by atoms with Crippen molar-refractivity contribution in [3.8, 4) is 17.1 Å². The van der Waals surface area contributed by atoms with Crippen molar-refractivity contribution in [2.45, 2.75) is 13.0 Å². The lowest BCUT2D eigenvalue weighted by atomic mass is 10.2. The predicted octanol–water partition coefficient (Wildman–Crippen LogP) is 4.40. The van der Waals surface area contributed by atoms with E-state index >= 15 is 0 Å². The maximum atomic E-state index is 11.2. The highest BCUT2D eigenvalue weighted by Crippen LogP contribution is 2.28. The number of carbonyl (C=O) groups excluding carboxylic acids is 1. The van der Waals surface area contributed by atoms with Crippen LogP contribution in [0.5, 0.6) is 5.75 Å². The van der Waals surface area contributed by atoms with Gasteiger partial charge in [-0.25, -0.2) is 9.78 Å². The lowest BCUT2D eigenvalue weighted by Gasteiger charge is -2.24. The Balaban J connectivity index is 1.28. The first-order valence-electron chi connectivity index (χ1n) is 11.2. The second-order valence-corrected chi connectivity index (χ2v) is 8.31. The van der Waals surface area contributed by atoms with E-state index in [0.29, 0.717) is 11.3 Å². The molecule has 7 heteroatoms. The maximum Gasteiger partial charge on any atom is 0.410 e. The summed E-state index contributed by atoms with van der Waals surface area (Å²) in [6, 6.07) is 24.5. The molecule has 1 aliphatic rings. The molecule has 3 aromatic carbocycles. The summed E-state index contributed by atoms with van der Waals surface area (Å²) in [4.78, 5) is 24.1. The van der Waals surface area contributed by atoms with Crippen LogP contribution in [0.3, 0.4) is 0 Å². The zero-order valence-corrected chi connectivity index (χ0v) is 18.4. The van der Waals surface area contributed by atoms with Crippen LogP contribution in [0, 0.1) is 0 Å². The number of ether oxygens (including phenoxy) is 1. The SMILES string of the molecule is NC(=O)Oc1cccc2[nH]c(-c3ccc(N4CCCN(Cc5ccccc5)CC4)cc3)nc12. The molecule has 33 heavy (non-hydrogen) atoms. The molecule has 1 aliphatic heterocycles. The molecule has 0 spiro atoms. The maximum absolute atomic E-state index is 11.2. The molecule has 0 radical (unpaired) electrons. The minimum Gasteiger partial charge on any atom is -0.408 e. The monoisotopic (exact) mass is 441 g/mol. The van der Waals surface area contributed by atoms with E-state index in [9.17, 15) is 4.79 Å². The standard InChI is InChI=1S/C26H27N5O2/c27-26(32)33-23-9-4-8-22-24(23)29-25(28-22)20-10-12-21(13-11-20)31-15-5-14-30(16-17-31)18-19-6-2-1-3-7-19/h1-4,6-13H,5,14-18H2,(H2,27,32)(H,28,29). The van der Waals surface area contributed by atoms with Crippen molar-refractivity contribution in [2.24, 2.45) is 5.73 Å². The van der Waals surface area contributed by atoms with E-state index < -0.39 is 6.09 Å². The fourth-order valence-electron chi connectivity index (χ4n) is 4.39. The van der Waals surface area contributed by atoms with Crippen molar-refractivity contribution < 1.29 is 9.53 Å². The number of imidazole rings is 1. The highest BCUT2D eigenvalue weighted by atomic mass is 16.5. The zero-order valence-electron chi connectivity index (χ0n) is 18.4. The van der Waals surface area contributed by atoms with Crippen molar-refractivity contribution in [1.29, 1.82) is 0 Å². The van der Waals surface area contributed by atoms with Crippen LogP contribution in [0.25, 0.3) is 22.4 Å². The van der Waals surface area contributed by atoms with Crippen molar-refractivity contribution in [1.82, 2.24) is 14.9 Å². The number of benzene rings is 3. The molecule has 0 saturated carbocycles. The summed E-state index contributed by atoms with van der Waals surface area (Å²) in [6.45, 7) is 5.20. The van der Waals surface area contributed by atoms with Gasteiger partial charge in [-0.05, 0) is 48.4 Å². The number of rotatable bonds is 5. The number of nitrogens with two attached hydrogens (primary N) is 1. The van der Waals surface area contributed by atoms with Crippen LogP contribution < -0.4 is 15.4 Å². The Bertz CT molecular complexity index is 1240. The lowest BCUT2D eigenvalue weighted by molar-refractivity contribution is 0.211. The number of primary amides is 1. The van der Waals surface area contributed by atoms with Gasteiger partial charge in [-0.15, -0.1) is 0 Å².